The molecule has 0 N–H and O–H groups in total. The highest BCUT2D eigenvalue weighted by Gasteiger charge is 2.30. The molecule has 0 spiro atoms. The Morgan fingerprint density at radius 2 is 1.79 bits per heavy atom. The van der Waals surface area contributed by atoms with Crippen LogP contribution in [0.3, 0.4) is 0 Å². The first-order chi connectivity index (χ1) is 11.2. The molecule has 1 aromatic heterocycles. The maximum absolute atomic E-state index is 12.6. The van der Waals surface area contributed by atoms with Crippen LogP contribution in [-0.4, -0.2) is 16.0 Å². The summed E-state index contributed by atoms with van der Waals surface area (Å²) < 4.78 is 37.8. The zero-order valence-electron chi connectivity index (χ0n) is 13.5. The number of nitriles is 1. The summed E-state index contributed by atoms with van der Waals surface area (Å²) >= 11 is 1.39. The van der Waals surface area contributed by atoms with Crippen LogP contribution in [0, 0.1) is 25.2 Å². The molecule has 0 fully saturated rings. The Morgan fingerprint density at radius 3 is 2.33 bits per heavy atom. The van der Waals surface area contributed by atoms with Crippen molar-refractivity contribution in [1.29, 1.82) is 5.26 Å². The summed E-state index contributed by atoms with van der Waals surface area (Å²) in [4.78, 5) is 0. The van der Waals surface area contributed by atoms with Gasteiger partial charge in [0.1, 0.15) is 11.1 Å². The van der Waals surface area contributed by atoms with Crippen molar-refractivity contribution >= 4 is 11.8 Å². The molecule has 24 heavy (non-hydrogen) atoms. The van der Waals surface area contributed by atoms with E-state index in [9.17, 15) is 18.4 Å². The number of halogens is 3. The highest BCUT2D eigenvalue weighted by Crippen LogP contribution is 2.32. The lowest BCUT2D eigenvalue weighted by Gasteiger charge is -2.14. The van der Waals surface area contributed by atoms with Crippen LogP contribution in [0.25, 0.3) is 0 Å². The second-order valence-electron chi connectivity index (χ2n) is 5.53. The van der Waals surface area contributed by atoms with Gasteiger partial charge < -0.3 is 0 Å². The van der Waals surface area contributed by atoms with Crippen molar-refractivity contribution in [2.45, 2.75) is 37.9 Å². The predicted octanol–water partition coefficient (Wildman–Crippen LogP) is 4.88. The quantitative estimate of drug-likeness (QED) is 0.737. The zero-order valence-corrected chi connectivity index (χ0v) is 14.3. The minimum absolute atomic E-state index is 0.0206. The number of hydrogen-bond donors (Lipinski definition) is 0. The summed E-state index contributed by atoms with van der Waals surface area (Å²) in [6, 6.07) is 7.31. The third-order valence-electron chi connectivity index (χ3n) is 3.81. The SMILES string of the molecule is Cc1nnc(SC[C@@H](C)c2ccc(C(F)(F)F)cc2)c(C#N)c1C. The van der Waals surface area contributed by atoms with E-state index in [1.807, 2.05) is 13.8 Å². The van der Waals surface area contributed by atoms with Gasteiger partial charge in [0.05, 0.1) is 16.8 Å². The molecule has 1 aromatic carbocycles. The number of alkyl halides is 3. The van der Waals surface area contributed by atoms with E-state index in [1.165, 1.54) is 23.9 Å². The number of aryl methyl sites for hydroxylation is 1. The van der Waals surface area contributed by atoms with Crippen LogP contribution in [0.5, 0.6) is 0 Å². The Kier molecular flexibility index (Phi) is 5.50. The van der Waals surface area contributed by atoms with Crippen molar-refractivity contribution in [3.05, 3.63) is 52.2 Å². The van der Waals surface area contributed by atoms with Crippen molar-refractivity contribution in [1.82, 2.24) is 10.2 Å². The second-order valence-corrected chi connectivity index (χ2v) is 6.54. The Hall–Kier alpha value is -2.07. The van der Waals surface area contributed by atoms with Crippen molar-refractivity contribution in [2.24, 2.45) is 0 Å². The highest BCUT2D eigenvalue weighted by molar-refractivity contribution is 7.99. The molecule has 126 valence electrons. The van der Waals surface area contributed by atoms with Gasteiger partial charge in [-0.05, 0) is 43.0 Å². The average Bonchev–Trinajstić information content (AvgIpc) is 2.55. The molecule has 7 heteroatoms. The number of nitrogens with zero attached hydrogens (tertiary/aromatic N) is 3. The minimum atomic E-state index is -4.33. The Balaban J connectivity index is 2.10. The first-order valence-electron chi connectivity index (χ1n) is 7.28. The van der Waals surface area contributed by atoms with Gasteiger partial charge in [0.25, 0.3) is 0 Å². The molecule has 0 saturated carbocycles. The first-order valence-corrected chi connectivity index (χ1v) is 8.26. The highest BCUT2D eigenvalue weighted by atomic mass is 32.2. The molecule has 0 unspecified atom stereocenters. The standard InChI is InChI=1S/C17H16F3N3S/c1-10(13-4-6-14(7-5-13)17(18,19)20)9-24-16-15(8-21)11(2)12(3)22-23-16/h4-7,10H,9H2,1-3H3/t10-/m1/s1. The van der Waals surface area contributed by atoms with Gasteiger partial charge in [-0.15, -0.1) is 16.9 Å². The number of aromatic nitrogens is 2. The third kappa shape index (κ3) is 4.06. The average molecular weight is 351 g/mol. The molecule has 1 atom stereocenters. The molecular weight excluding hydrogens is 335 g/mol. The number of benzene rings is 1. The molecule has 0 aliphatic heterocycles. The Morgan fingerprint density at radius 1 is 1.17 bits per heavy atom. The van der Waals surface area contributed by atoms with Crippen LogP contribution in [0.15, 0.2) is 29.3 Å². The van der Waals surface area contributed by atoms with Crippen LogP contribution in [0.4, 0.5) is 13.2 Å². The maximum Gasteiger partial charge on any atom is 0.416 e. The number of hydrogen-bond acceptors (Lipinski definition) is 4. The van der Waals surface area contributed by atoms with E-state index in [-0.39, 0.29) is 5.92 Å². The number of thioether (sulfide) groups is 1. The lowest BCUT2D eigenvalue weighted by Crippen LogP contribution is -2.06. The Bertz CT molecular complexity index is 764. The largest absolute Gasteiger partial charge is 0.416 e. The van der Waals surface area contributed by atoms with Crippen molar-refractivity contribution in [3.8, 4) is 6.07 Å². The minimum Gasteiger partial charge on any atom is -0.192 e. The van der Waals surface area contributed by atoms with Gasteiger partial charge in [-0.25, -0.2) is 0 Å². The van der Waals surface area contributed by atoms with Gasteiger partial charge in [-0.3, -0.25) is 0 Å². The molecular formula is C17H16F3N3S. The summed E-state index contributed by atoms with van der Waals surface area (Å²) in [6.45, 7) is 5.55. The van der Waals surface area contributed by atoms with Gasteiger partial charge >= 0.3 is 6.18 Å². The van der Waals surface area contributed by atoms with E-state index in [4.69, 9.17) is 0 Å². The normalized spacial score (nSPS) is 12.7. The van der Waals surface area contributed by atoms with Crippen LogP contribution >= 0.6 is 11.8 Å². The summed E-state index contributed by atoms with van der Waals surface area (Å²) in [5.74, 6) is 0.615. The fourth-order valence-electron chi connectivity index (χ4n) is 2.12. The predicted molar refractivity (Wildman–Crippen MR) is 86.8 cm³/mol. The molecule has 2 aromatic rings. The molecule has 3 nitrogen and oxygen atoms in total. The molecule has 2 rings (SSSR count). The second kappa shape index (κ2) is 7.22. The smallest absolute Gasteiger partial charge is 0.192 e. The molecule has 0 amide bonds. The van der Waals surface area contributed by atoms with Gasteiger partial charge in [0, 0.05) is 5.75 Å². The molecule has 0 aliphatic rings. The molecule has 1 heterocycles. The third-order valence-corrected chi connectivity index (χ3v) is 5.04. The summed E-state index contributed by atoms with van der Waals surface area (Å²) in [5.41, 5.74) is 2.18. The Labute approximate surface area is 142 Å². The zero-order chi connectivity index (χ0) is 17.9. The fourth-order valence-corrected chi connectivity index (χ4v) is 3.16. The van der Waals surface area contributed by atoms with Crippen molar-refractivity contribution in [2.75, 3.05) is 5.75 Å². The molecule has 0 radical (unpaired) electrons. The lowest BCUT2D eigenvalue weighted by molar-refractivity contribution is -0.137. The van der Waals surface area contributed by atoms with E-state index in [0.29, 0.717) is 22.0 Å². The molecule has 0 bridgehead atoms. The van der Waals surface area contributed by atoms with Gasteiger partial charge in [0.2, 0.25) is 0 Å². The topological polar surface area (TPSA) is 49.6 Å². The van der Waals surface area contributed by atoms with E-state index in [0.717, 1.165) is 23.3 Å². The summed E-state index contributed by atoms with van der Waals surface area (Å²) in [5, 5.41) is 17.9. The van der Waals surface area contributed by atoms with Crippen LogP contribution in [-0.2, 0) is 6.18 Å². The summed E-state index contributed by atoms with van der Waals surface area (Å²) in [7, 11) is 0. The van der Waals surface area contributed by atoms with Gasteiger partial charge in [0.15, 0.2) is 0 Å². The molecule has 0 saturated heterocycles. The number of rotatable bonds is 4. The van der Waals surface area contributed by atoms with E-state index in [2.05, 4.69) is 16.3 Å². The first kappa shape index (κ1) is 18.3. The van der Waals surface area contributed by atoms with Crippen LogP contribution < -0.4 is 0 Å². The molecule has 0 aliphatic carbocycles. The maximum atomic E-state index is 12.6. The fraction of sp³-hybridized carbons (Fsp3) is 0.353. The van der Waals surface area contributed by atoms with E-state index in [1.54, 1.807) is 6.92 Å². The van der Waals surface area contributed by atoms with Crippen LogP contribution in [0.2, 0.25) is 0 Å². The van der Waals surface area contributed by atoms with E-state index >= 15 is 0 Å². The summed E-state index contributed by atoms with van der Waals surface area (Å²) in [6.07, 6.45) is -4.33. The van der Waals surface area contributed by atoms with Crippen LogP contribution in [0.1, 0.15) is 40.8 Å². The lowest BCUT2D eigenvalue weighted by atomic mass is 10.0. The van der Waals surface area contributed by atoms with E-state index < -0.39 is 11.7 Å². The van der Waals surface area contributed by atoms with Gasteiger partial charge in [-0.1, -0.05) is 19.1 Å². The van der Waals surface area contributed by atoms with Gasteiger partial charge in [-0.2, -0.15) is 23.5 Å². The van der Waals surface area contributed by atoms with Crippen molar-refractivity contribution in [3.63, 3.8) is 0 Å². The van der Waals surface area contributed by atoms with Crippen molar-refractivity contribution < 1.29 is 13.2 Å². The monoisotopic (exact) mass is 351 g/mol.